The summed E-state index contributed by atoms with van der Waals surface area (Å²) in [5.74, 6) is 0. The van der Waals surface area contributed by atoms with E-state index in [4.69, 9.17) is 0 Å². The summed E-state index contributed by atoms with van der Waals surface area (Å²) >= 11 is 3.69. The lowest BCUT2D eigenvalue weighted by molar-refractivity contribution is 0.109. The molecule has 0 aromatic heterocycles. The Kier molecular flexibility index (Phi) is 4.34. The van der Waals surface area contributed by atoms with E-state index in [1.54, 1.807) is 24.3 Å². The zero-order valence-electron chi connectivity index (χ0n) is 9.68. The number of hydrogen-bond acceptors (Lipinski definition) is 4. The Morgan fingerprint density at radius 3 is 2.32 bits per heavy atom. The highest BCUT2D eigenvalue weighted by molar-refractivity contribution is 8.72. The van der Waals surface area contributed by atoms with E-state index in [2.05, 4.69) is 12.6 Å². The standard InChI is InChI=1S/C13H10O3S3/c14-13(17)10-5-4-8-12(9-10)19(15,16)18-11-6-2-1-3-7-11/h1-9H,(H,14,17). The van der Waals surface area contributed by atoms with Gasteiger partial charge in [-0.25, -0.2) is 8.42 Å². The smallest absolute Gasteiger partial charge is 0.234 e. The third-order valence-corrected chi connectivity index (χ3v) is 5.91. The summed E-state index contributed by atoms with van der Waals surface area (Å²) in [7, 11) is -2.78. The largest absolute Gasteiger partial charge is 0.282 e. The van der Waals surface area contributed by atoms with E-state index >= 15 is 0 Å². The fourth-order valence-corrected chi connectivity index (χ4v) is 4.40. The van der Waals surface area contributed by atoms with Crippen LogP contribution in [0.25, 0.3) is 0 Å². The van der Waals surface area contributed by atoms with E-state index in [1.165, 1.54) is 24.3 Å². The van der Waals surface area contributed by atoms with Crippen molar-refractivity contribution in [1.82, 2.24) is 0 Å². The monoisotopic (exact) mass is 310 g/mol. The van der Waals surface area contributed by atoms with Crippen molar-refractivity contribution in [2.75, 3.05) is 0 Å². The fourth-order valence-electron chi connectivity index (χ4n) is 1.44. The van der Waals surface area contributed by atoms with Crippen LogP contribution in [0.3, 0.4) is 0 Å². The van der Waals surface area contributed by atoms with Gasteiger partial charge in [-0.3, -0.25) is 4.79 Å². The predicted molar refractivity (Wildman–Crippen MR) is 79.2 cm³/mol. The molecule has 0 N–H and O–H groups in total. The summed E-state index contributed by atoms with van der Waals surface area (Å²) < 4.78 is 24.4. The molecule has 0 aliphatic heterocycles. The Hall–Kier alpha value is -1.24. The maximum absolute atomic E-state index is 12.2. The highest BCUT2D eigenvalue weighted by atomic mass is 33.1. The quantitative estimate of drug-likeness (QED) is 0.696. The van der Waals surface area contributed by atoms with Crippen LogP contribution in [0.4, 0.5) is 0 Å². The maximum atomic E-state index is 12.2. The molecule has 0 bridgehead atoms. The van der Waals surface area contributed by atoms with E-state index in [0.29, 0.717) is 4.90 Å². The van der Waals surface area contributed by atoms with Crippen molar-refractivity contribution < 1.29 is 13.2 Å². The molecule has 0 atom stereocenters. The molecule has 2 aromatic rings. The van der Waals surface area contributed by atoms with Crippen LogP contribution in [0.2, 0.25) is 0 Å². The van der Waals surface area contributed by atoms with Crippen molar-refractivity contribution >= 4 is 37.4 Å². The second-order valence-corrected chi connectivity index (χ2v) is 7.92. The van der Waals surface area contributed by atoms with Gasteiger partial charge < -0.3 is 0 Å². The molecular weight excluding hydrogens is 300 g/mol. The van der Waals surface area contributed by atoms with E-state index in [1.807, 2.05) is 6.07 Å². The second-order valence-electron chi connectivity index (χ2n) is 3.68. The van der Waals surface area contributed by atoms with Gasteiger partial charge in [-0.05, 0) is 24.3 Å². The molecule has 0 heterocycles. The minimum absolute atomic E-state index is 0.0984. The summed E-state index contributed by atoms with van der Waals surface area (Å²) in [6.07, 6.45) is 0. The van der Waals surface area contributed by atoms with E-state index in [9.17, 15) is 13.2 Å². The summed E-state index contributed by atoms with van der Waals surface area (Å²) in [6.45, 7) is 0. The summed E-state index contributed by atoms with van der Waals surface area (Å²) in [5, 5.41) is -0.457. The molecule has 2 rings (SSSR count). The topological polar surface area (TPSA) is 51.2 Å². The van der Waals surface area contributed by atoms with Crippen molar-refractivity contribution in [2.24, 2.45) is 0 Å². The molecule has 0 saturated heterocycles. The van der Waals surface area contributed by atoms with Crippen molar-refractivity contribution in [2.45, 2.75) is 9.79 Å². The molecule has 0 spiro atoms. The van der Waals surface area contributed by atoms with Gasteiger partial charge in [0.1, 0.15) is 0 Å². The number of benzene rings is 2. The SMILES string of the molecule is O=C(S)c1cccc(S(=O)(=O)Sc2ccccc2)c1. The van der Waals surface area contributed by atoms with Crippen LogP contribution in [-0.4, -0.2) is 13.5 Å². The van der Waals surface area contributed by atoms with Crippen LogP contribution >= 0.6 is 23.4 Å². The third-order valence-electron chi connectivity index (χ3n) is 2.32. The molecule has 0 saturated carbocycles. The van der Waals surface area contributed by atoms with Crippen molar-refractivity contribution in [3.8, 4) is 0 Å². The number of hydrogen-bond donors (Lipinski definition) is 1. The Balaban J connectivity index is 2.35. The molecule has 2 aromatic carbocycles. The molecule has 0 fully saturated rings. The van der Waals surface area contributed by atoms with E-state index < -0.39 is 14.0 Å². The van der Waals surface area contributed by atoms with Gasteiger partial charge in [-0.2, -0.15) is 0 Å². The van der Waals surface area contributed by atoms with Gasteiger partial charge in [-0.1, -0.05) is 30.3 Å². The van der Waals surface area contributed by atoms with Gasteiger partial charge in [-0.15, -0.1) is 12.6 Å². The van der Waals surface area contributed by atoms with Gasteiger partial charge in [0.2, 0.25) is 14.0 Å². The molecule has 0 aliphatic rings. The summed E-state index contributed by atoms with van der Waals surface area (Å²) in [4.78, 5) is 11.9. The first kappa shape index (κ1) is 14.2. The Bertz CT molecular complexity index is 694. The average Bonchev–Trinajstić information content (AvgIpc) is 2.39. The molecule has 0 aliphatic carbocycles. The lowest BCUT2D eigenvalue weighted by Gasteiger charge is -2.04. The molecular formula is C13H10O3S3. The van der Waals surface area contributed by atoms with Gasteiger partial charge in [0.05, 0.1) is 4.90 Å². The first-order chi connectivity index (χ1) is 8.99. The molecule has 3 nitrogen and oxygen atoms in total. The number of rotatable bonds is 4. The highest BCUT2D eigenvalue weighted by Crippen LogP contribution is 2.30. The van der Waals surface area contributed by atoms with Gasteiger partial charge in [0.25, 0.3) is 0 Å². The van der Waals surface area contributed by atoms with Gasteiger partial charge in [0, 0.05) is 21.3 Å². The average molecular weight is 310 g/mol. The maximum Gasteiger partial charge on any atom is 0.234 e. The zero-order valence-corrected chi connectivity index (χ0v) is 12.2. The number of carbonyl (C=O) groups excluding carboxylic acids is 1. The predicted octanol–water partition coefficient (Wildman–Crippen LogP) is 3.24. The van der Waals surface area contributed by atoms with Crippen molar-refractivity contribution in [3.05, 3.63) is 60.2 Å². The Morgan fingerprint density at radius 2 is 1.68 bits per heavy atom. The zero-order chi connectivity index (χ0) is 13.9. The van der Waals surface area contributed by atoms with E-state index in [0.717, 1.165) is 10.8 Å². The van der Waals surface area contributed by atoms with Gasteiger partial charge >= 0.3 is 0 Å². The lowest BCUT2D eigenvalue weighted by Crippen LogP contribution is -1.98. The third kappa shape index (κ3) is 3.62. The first-order valence-corrected chi connectivity index (χ1v) is 8.58. The minimum atomic E-state index is -3.54. The summed E-state index contributed by atoms with van der Waals surface area (Å²) in [6, 6.07) is 14.6. The van der Waals surface area contributed by atoms with Crippen LogP contribution in [0.15, 0.2) is 64.4 Å². The molecule has 19 heavy (non-hydrogen) atoms. The van der Waals surface area contributed by atoms with Crippen LogP contribution in [-0.2, 0) is 8.87 Å². The van der Waals surface area contributed by atoms with Crippen LogP contribution < -0.4 is 0 Å². The molecule has 98 valence electrons. The van der Waals surface area contributed by atoms with Crippen molar-refractivity contribution in [3.63, 3.8) is 0 Å². The van der Waals surface area contributed by atoms with Crippen LogP contribution in [0.5, 0.6) is 0 Å². The molecule has 6 heteroatoms. The van der Waals surface area contributed by atoms with Crippen LogP contribution in [0.1, 0.15) is 10.4 Å². The molecule has 0 unspecified atom stereocenters. The highest BCUT2D eigenvalue weighted by Gasteiger charge is 2.17. The lowest BCUT2D eigenvalue weighted by atomic mass is 10.2. The fraction of sp³-hybridized carbons (Fsp3) is 0. The number of carbonyl (C=O) groups is 1. The minimum Gasteiger partial charge on any atom is -0.282 e. The first-order valence-electron chi connectivity index (χ1n) is 5.32. The van der Waals surface area contributed by atoms with Crippen LogP contribution in [0, 0.1) is 0 Å². The van der Waals surface area contributed by atoms with Crippen molar-refractivity contribution in [1.29, 1.82) is 0 Å². The Morgan fingerprint density at radius 1 is 1.00 bits per heavy atom. The second kappa shape index (κ2) is 5.81. The van der Waals surface area contributed by atoms with Gasteiger partial charge in [0.15, 0.2) is 0 Å². The normalized spacial score (nSPS) is 11.2. The van der Waals surface area contributed by atoms with E-state index in [-0.39, 0.29) is 10.5 Å². The Labute approximate surface area is 120 Å². The molecule has 0 amide bonds. The molecule has 0 radical (unpaired) electrons. The summed E-state index contributed by atoms with van der Waals surface area (Å²) in [5.41, 5.74) is 0.262. The number of thiol groups is 1.